The average molecular weight is 684 g/mol. The van der Waals surface area contributed by atoms with Gasteiger partial charge in [-0.3, -0.25) is 19.2 Å². The molecule has 16 nitrogen and oxygen atoms in total. The van der Waals surface area contributed by atoms with E-state index in [0.717, 1.165) is 19.3 Å². The normalized spacial score (nSPS) is 32.1. The summed E-state index contributed by atoms with van der Waals surface area (Å²) in [6.45, 7) is 2.30. The number of carboxylic acid groups (broad SMARTS) is 1. The molecule has 8 N–H and O–H groups in total. The number of Topliss-reactive ketones (excluding diaryl/α,β-unsaturated/α-hetero) is 3. The number of aromatic hydroxyl groups is 2. The highest BCUT2D eigenvalue weighted by Crippen LogP contribution is 2.56. The highest BCUT2D eigenvalue weighted by atomic mass is 16.6. The molecule has 1 fully saturated rings. The van der Waals surface area contributed by atoms with Crippen LogP contribution >= 0.6 is 0 Å². The monoisotopic (exact) mass is 683 g/mol. The first kappa shape index (κ1) is 34.3. The molecule has 0 aromatic heterocycles. The molecule has 6 rings (SSSR count). The topological polar surface area (TPSA) is 267 Å². The van der Waals surface area contributed by atoms with Gasteiger partial charge in [-0.2, -0.15) is 0 Å². The number of fused-ring (bicyclic) bond motifs is 5. The SMILES string of the molecule is CO[C@@H]1[C@@H](O)[C@@H](CO)[C@@H](NC2=CC(=O)c3c(cc4c(c3O)C(=O)[C@]3(OC)[C@H](O)Cc5cc(C)c(C(=O)O)c(O)c5[C@]3(O)C4=O)C2=O)O[C@H]1C. The van der Waals surface area contributed by atoms with Gasteiger partial charge in [0.2, 0.25) is 17.3 Å². The van der Waals surface area contributed by atoms with Gasteiger partial charge in [0, 0.05) is 43.4 Å². The minimum atomic E-state index is -3.30. The van der Waals surface area contributed by atoms with Crippen molar-refractivity contribution in [3.63, 3.8) is 0 Å². The van der Waals surface area contributed by atoms with Crippen molar-refractivity contribution in [2.75, 3.05) is 20.8 Å². The minimum absolute atomic E-state index is 0.0205. The zero-order valence-corrected chi connectivity index (χ0v) is 26.5. The number of aliphatic hydroxyl groups is 4. The van der Waals surface area contributed by atoms with Crippen LogP contribution in [0.5, 0.6) is 11.5 Å². The number of aromatic carboxylic acids is 1. The molecule has 0 saturated carbocycles. The Morgan fingerprint density at radius 2 is 1.71 bits per heavy atom. The number of rotatable bonds is 6. The highest BCUT2D eigenvalue weighted by molar-refractivity contribution is 6.30. The Kier molecular flexibility index (Phi) is 8.07. The van der Waals surface area contributed by atoms with Gasteiger partial charge in [-0.05, 0) is 31.0 Å². The van der Waals surface area contributed by atoms with E-state index in [1.807, 2.05) is 0 Å². The number of ketones is 4. The highest BCUT2D eigenvalue weighted by Gasteiger charge is 2.72. The quantitative estimate of drug-likeness (QED) is 0.186. The van der Waals surface area contributed by atoms with Crippen LogP contribution in [0.3, 0.4) is 0 Å². The first-order valence-electron chi connectivity index (χ1n) is 15.1. The molecule has 49 heavy (non-hydrogen) atoms. The molecule has 260 valence electrons. The van der Waals surface area contributed by atoms with Gasteiger partial charge >= 0.3 is 5.97 Å². The van der Waals surface area contributed by atoms with Gasteiger partial charge in [0.1, 0.15) is 29.4 Å². The molecular weight excluding hydrogens is 650 g/mol. The second-order valence-corrected chi connectivity index (χ2v) is 12.5. The summed E-state index contributed by atoms with van der Waals surface area (Å²) in [7, 11) is 2.22. The number of allylic oxidation sites excluding steroid dienone is 2. The number of ether oxygens (including phenoxy) is 3. The molecule has 4 aliphatic rings. The number of phenols is 2. The Hall–Kier alpha value is -4.55. The fourth-order valence-corrected chi connectivity index (χ4v) is 7.80. The molecule has 0 spiro atoms. The molecule has 16 heteroatoms. The van der Waals surface area contributed by atoms with E-state index in [1.165, 1.54) is 20.1 Å². The molecule has 1 aliphatic heterocycles. The van der Waals surface area contributed by atoms with Crippen LogP contribution in [-0.2, 0) is 26.2 Å². The van der Waals surface area contributed by atoms with Gasteiger partial charge in [0.05, 0.1) is 47.7 Å². The van der Waals surface area contributed by atoms with Crippen LogP contribution in [0.4, 0.5) is 0 Å². The first-order valence-corrected chi connectivity index (χ1v) is 15.1. The van der Waals surface area contributed by atoms with Crippen molar-refractivity contribution in [1.29, 1.82) is 0 Å². The van der Waals surface area contributed by atoms with Gasteiger partial charge in [-0.1, -0.05) is 6.07 Å². The van der Waals surface area contributed by atoms with Gasteiger partial charge in [-0.25, -0.2) is 4.79 Å². The van der Waals surface area contributed by atoms with Crippen molar-refractivity contribution in [3.05, 3.63) is 68.4 Å². The number of hydrogen-bond acceptors (Lipinski definition) is 15. The van der Waals surface area contributed by atoms with Crippen LogP contribution in [0.1, 0.15) is 75.4 Å². The molecule has 2 aromatic rings. The lowest BCUT2D eigenvalue weighted by molar-refractivity contribution is -0.214. The number of phenolic OH excluding ortho intramolecular Hbond substituents is 1. The van der Waals surface area contributed by atoms with Crippen LogP contribution < -0.4 is 5.32 Å². The zero-order chi connectivity index (χ0) is 36.1. The van der Waals surface area contributed by atoms with Gasteiger partial charge in [0.15, 0.2) is 17.0 Å². The molecule has 0 radical (unpaired) electrons. The maximum Gasteiger partial charge on any atom is 0.339 e. The fraction of sp³-hybridized carbons (Fsp3) is 0.424. The third-order valence-electron chi connectivity index (χ3n) is 10.1. The van der Waals surface area contributed by atoms with Crippen molar-refractivity contribution in [2.24, 2.45) is 5.92 Å². The maximum atomic E-state index is 14.5. The van der Waals surface area contributed by atoms with E-state index in [2.05, 4.69) is 5.32 Å². The number of aliphatic hydroxyl groups excluding tert-OH is 3. The van der Waals surface area contributed by atoms with Crippen LogP contribution in [0.15, 0.2) is 23.9 Å². The van der Waals surface area contributed by atoms with E-state index in [-0.39, 0.29) is 11.1 Å². The van der Waals surface area contributed by atoms with Crippen molar-refractivity contribution in [2.45, 2.75) is 62.1 Å². The summed E-state index contributed by atoms with van der Waals surface area (Å²) >= 11 is 0. The Morgan fingerprint density at radius 1 is 1.04 bits per heavy atom. The van der Waals surface area contributed by atoms with Crippen molar-refractivity contribution in [3.8, 4) is 11.5 Å². The van der Waals surface area contributed by atoms with E-state index in [0.29, 0.717) is 0 Å². The molecule has 8 atom stereocenters. The molecular formula is C33H33NO15. The van der Waals surface area contributed by atoms with Crippen molar-refractivity contribution >= 4 is 29.1 Å². The Balaban J connectivity index is 1.51. The minimum Gasteiger partial charge on any atom is -0.507 e. The maximum absolute atomic E-state index is 14.5. The van der Waals surface area contributed by atoms with E-state index < -0.39 is 140 Å². The zero-order valence-electron chi connectivity index (χ0n) is 26.5. The summed E-state index contributed by atoms with van der Waals surface area (Å²) in [4.78, 5) is 68.2. The average Bonchev–Trinajstić information content (AvgIpc) is 3.02. The van der Waals surface area contributed by atoms with Crippen LogP contribution in [-0.4, -0.2) is 122 Å². The number of carboxylic acids is 1. The number of carbonyl (C=O) groups excluding carboxylic acids is 4. The van der Waals surface area contributed by atoms with Gasteiger partial charge in [-0.15, -0.1) is 0 Å². The summed E-state index contributed by atoms with van der Waals surface area (Å²) in [6, 6.07) is 2.02. The lowest BCUT2D eigenvalue weighted by Gasteiger charge is -2.52. The predicted octanol–water partition coefficient (Wildman–Crippen LogP) is -0.745. The van der Waals surface area contributed by atoms with E-state index in [1.54, 1.807) is 6.92 Å². The summed E-state index contributed by atoms with van der Waals surface area (Å²) in [5.41, 5.74) is -11.0. The largest absolute Gasteiger partial charge is 0.507 e. The number of benzene rings is 2. The molecule has 0 bridgehead atoms. The standard InChI is InChI=1S/C33H33NO15/c1-10-5-12-6-18(37)33(48-4)29(43)21-14(28(42)32(33,46)22(12)26(41)19(10)31(44)45)7-13-20(25(21)40)17(36)8-16(23(13)38)34-30-15(9-35)24(39)27(47-3)11(2)49-30/h5,7-8,11,15,18,24,27,30,34-35,37,39-41,46H,6,9H2,1-4H3,(H,44,45)/t11-,15+,18+,24-,27-,30-,32-,33+/m0/s1. The molecule has 1 saturated heterocycles. The lowest BCUT2D eigenvalue weighted by Crippen LogP contribution is -2.73. The lowest BCUT2D eigenvalue weighted by atomic mass is 9.56. The summed E-state index contributed by atoms with van der Waals surface area (Å²) in [5.74, 6) is -9.68. The van der Waals surface area contributed by atoms with Crippen LogP contribution in [0, 0.1) is 12.8 Å². The fourth-order valence-electron chi connectivity index (χ4n) is 7.80. The third kappa shape index (κ3) is 4.32. The Bertz CT molecular complexity index is 1900. The molecule has 3 aliphatic carbocycles. The molecule has 2 aromatic carbocycles. The van der Waals surface area contributed by atoms with Gasteiger partial charge < -0.3 is 55.3 Å². The summed E-state index contributed by atoms with van der Waals surface area (Å²) < 4.78 is 16.5. The van der Waals surface area contributed by atoms with Gasteiger partial charge in [0.25, 0.3) is 0 Å². The first-order chi connectivity index (χ1) is 23.0. The third-order valence-corrected chi connectivity index (χ3v) is 10.1. The Morgan fingerprint density at radius 3 is 2.31 bits per heavy atom. The Labute approximate surface area is 277 Å². The number of methoxy groups -OCH3 is 2. The number of nitrogens with one attached hydrogen (secondary N) is 1. The number of aryl methyl sites for hydroxylation is 1. The van der Waals surface area contributed by atoms with Crippen molar-refractivity contribution < 1.29 is 73.9 Å². The smallest absolute Gasteiger partial charge is 0.339 e. The number of hydrogen-bond donors (Lipinski definition) is 8. The van der Waals surface area contributed by atoms with E-state index in [4.69, 9.17) is 14.2 Å². The van der Waals surface area contributed by atoms with E-state index >= 15 is 0 Å². The molecule has 0 unspecified atom stereocenters. The summed E-state index contributed by atoms with van der Waals surface area (Å²) in [6.07, 6.45) is -5.75. The predicted molar refractivity (Wildman–Crippen MR) is 162 cm³/mol. The molecule has 1 heterocycles. The van der Waals surface area contributed by atoms with Crippen LogP contribution in [0.25, 0.3) is 0 Å². The summed E-state index contributed by atoms with van der Waals surface area (Å²) in [5, 5.41) is 79.5. The number of carbonyl (C=O) groups is 5. The van der Waals surface area contributed by atoms with E-state index in [9.17, 15) is 59.7 Å². The second kappa shape index (κ2) is 11.5. The molecule has 0 amide bonds. The second-order valence-electron chi connectivity index (χ2n) is 12.5. The van der Waals surface area contributed by atoms with Crippen LogP contribution in [0.2, 0.25) is 0 Å². The van der Waals surface area contributed by atoms with Crippen molar-refractivity contribution in [1.82, 2.24) is 5.32 Å².